The molecule has 1 aromatic heterocycles. The van der Waals surface area contributed by atoms with Gasteiger partial charge in [0.25, 0.3) is 0 Å². The highest BCUT2D eigenvalue weighted by Gasteiger charge is 2.03. The second-order valence-corrected chi connectivity index (χ2v) is 5.98. The lowest BCUT2D eigenvalue weighted by molar-refractivity contribution is -0.118. The van der Waals surface area contributed by atoms with Crippen molar-refractivity contribution in [3.63, 3.8) is 0 Å². The van der Waals surface area contributed by atoms with Gasteiger partial charge in [-0.2, -0.15) is 0 Å². The van der Waals surface area contributed by atoms with Gasteiger partial charge in [0.1, 0.15) is 0 Å². The summed E-state index contributed by atoms with van der Waals surface area (Å²) in [6, 6.07) is 7.72. The summed E-state index contributed by atoms with van der Waals surface area (Å²) >= 11 is 7.64. The van der Waals surface area contributed by atoms with Crippen LogP contribution in [0.2, 0.25) is 5.02 Å². The second-order valence-electron chi connectivity index (χ2n) is 4.59. The summed E-state index contributed by atoms with van der Waals surface area (Å²) in [6.07, 6.45) is 6.35. The molecule has 0 atom stereocenters. The smallest absolute Gasteiger partial charge is 0.230 e. The summed E-state index contributed by atoms with van der Waals surface area (Å²) < 4.78 is 2.00. The third kappa shape index (κ3) is 5.81. The summed E-state index contributed by atoms with van der Waals surface area (Å²) in [6.45, 7) is 1.55. The number of aromatic nitrogens is 2. The van der Waals surface area contributed by atoms with Crippen LogP contribution >= 0.6 is 23.4 Å². The van der Waals surface area contributed by atoms with Crippen molar-refractivity contribution in [3.05, 3.63) is 53.6 Å². The Labute approximate surface area is 133 Å². The number of nitrogens with one attached hydrogen (secondary N) is 1. The molecule has 0 aliphatic heterocycles. The van der Waals surface area contributed by atoms with Crippen molar-refractivity contribution in [2.75, 3.05) is 12.3 Å². The molecular formula is C15H18ClN3OS. The minimum absolute atomic E-state index is 0.0673. The molecule has 0 saturated carbocycles. The topological polar surface area (TPSA) is 46.9 Å². The molecule has 1 N–H and O–H groups in total. The molecule has 0 saturated heterocycles. The van der Waals surface area contributed by atoms with Crippen LogP contribution in [-0.4, -0.2) is 27.8 Å². The van der Waals surface area contributed by atoms with Crippen molar-refractivity contribution in [2.24, 2.45) is 0 Å². The highest BCUT2D eigenvalue weighted by molar-refractivity contribution is 7.99. The van der Waals surface area contributed by atoms with E-state index >= 15 is 0 Å². The number of hydrogen-bond acceptors (Lipinski definition) is 3. The molecular weight excluding hydrogens is 306 g/mol. The van der Waals surface area contributed by atoms with Gasteiger partial charge in [0.05, 0.1) is 12.1 Å². The molecule has 1 aromatic carbocycles. The van der Waals surface area contributed by atoms with Crippen molar-refractivity contribution in [1.82, 2.24) is 14.9 Å². The van der Waals surface area contributed by atoms with Gasteiger partial charge in [0.15, 0.2) is 0 Å². The Kier molecular flexibility index (Phi) is 6.63. The number of benzene rings is 1. The lowest BCUT2D eigenvalue weighted by Crippen LogP contribution is -2.26. The Morgan fingerprint density at radius 1 is 1.38 bits per heavy atom. The van der Waals surface area contributed by atoms with E-state index in [1.54, 1.807) is 24.3 Å². The summed E-state index contributed by atoms with van der Waals surface area (Å²) in [5.74, 6) is 1.27. The lowest BCUT2D eigenvalue weighted by atomic mass is 10.2. The van der Waals surface area contributed by atoms with Crippen molar-refractivity contribution in [2.45, 2.75) is 18.7 Å². The molecule has 0 fully saturated rings. The number of thioether (sulfide) groups is 1. The van der Waals surface area contributed by atoms with Crippen LogP contribution in [0.5, 0.6) is 0 Å². The number of rotatable bonds is 8. The Morgan fingerprint density at radius 2 is 2.24 bits per heavy atom. The first-order chi connectivity index (χ1) is 10.3. The second kappa shape index (κ2) is 8.74. The van der Waals surface area contributed by atoms with Crippen LogP contribution in [-0.2, 0) is 17.1 Å². The van der Waals surface area contributed by atoms with E-state index in [9.17, 15) is 4.79 Å². The van der Waals surface area contributed by atoms with Gasteiger partial charge >= 0.3 is 0 Å². The fraction of sp³-hybridized carbons (Fsp3) is 0.333. The molecule has 6 heteroatoms. The summed E-state index contributed by atoms with van der Waals surface area (Å²) in [4.78, 5) is 15.7. The maximum absolute atomic E-state index is 11.7. The first-order valence-corrected chi connectivity index (χ1v) is 8.32. The molecule has 0 unspecified atom stereocenters. The predicted octanol–water partition coefficient (Wildman–Crippen LogP) is 2.98. The minimum atomic E-state index is 0.0673. The highest BCUT2D eigenvalue weighted by Crippen LogP contribution is 2.20. The molecule has 0 aliphatic carbocycles. The molecule has 0 radical (unpaired) electrons. The first kappa shape index (κ1) is 15.9. The van der Waals surface area contributed by atoms with E-state index in [0.29, 0.717) is 12.3 Å². The summed E-state index contributed by atoms with van der Waals surface area (Å²) in [7, 11) is 0. The van der Waals surface area contributed by atoms with E-state index in [0.717, 1.165) is 29.3 Å². The number of nitrogens with zero attached hydrogens (tertiary/aromatic N) is 2. The number of halogens is 1. The molecule has 0 aliphatic rings. The van der Waals surface area contributed by atoms with Gasteiger partial charge in [-0.1, -0.05) is 29.8 Å². The Hall–Kier alpha value is -1.46. The summed E-state index contributed by atoms with van der Waals surface area (Å²) in [5, 5.41) is 3.67. The van der Waals surface area contributed by atoms with Gasteiger partial charge in [0.2, 0.25) is 5.91 Å². The van der Waals surface area contributed by atoms with Crippen molar-refractivity contribution in [3.8, 4) is 0 Å². The van der Waals surface area contributed by atoms with Crippen LogP contribution in [0.1, 0.15) is 12.0 Å². The average molecular weight is 324 g/mol. The van der Waals surface area contributed by atoms with Crippen LogP contribution in [0.25, 0.3) is 0 Å². The van der Waals surface area contributed by atoms with Gasteiger partial charge in [-0.05, 0) is 18.1 Å². The maximum Gasteiger partial charge on any atom is 0.230 e. The number of hydrogen-bond donors (Lipinski definition) is 1. The van der Waals surface area contributed by atoms with E-state index in [4.69, 9.17) is 11.6 Å². The van der Waals surface area contributed by atoms with Crippen molar-refractivity contribution < 1.29 is 4.79 Å². The zero-order valence-electron chi connectivity index (χ0n) is 11.7. The molecule has 0 bridgehead atoms. The molecule has 2 rings (SSSR count). The first-order valence-electron chi connectivity index (χ1n) is 6.79. The van der Waals surface area contributed by atoms with Crippen molar-refractivity contribution in [1.29, 1.82) is 0 Å². The van der Waals surface area contributed by atoms with E-state index in [2.05, 4.69) is 10.3 Å². The largest absolute Gasteiger partial charge is 0.355 e. The predicted molar refractivity (Wildman–Crippen MR) is 87.5 cm³/mol. The number of carbonyl (C=O) groups is 1. The quantitative estimate of drug-likeness (QED) is 0.760. The molecule has 21 heavy (non-hydrogen) atoms. The highest BCUT2D eigenvalue weighted by atomic mass is 35.5. The van der Waals surface area contributed by atoms with Gasteiger partial charge in [0, 0.05) is 36.3 Å². The van der Waals surface area contributed by atoms with Gasteiger partial charge in [-0.25, -0.2) is 4.98 Å². The Balaban J connectivity index is 1.56. The number of carbonyl (C=O) groups excluding carboxylic acids is 1. The number of amides is 1. The van der Waals surface area contributed by atoms with Crippen LogP contribution in [0, 0.1) is 0 Å². The number of imidazole rings is 1. The average Bonchev–Trinajstić information content (AvgIpc) is 2.99. The van der Waals surface area contributed by atoms with Crippen LogP contribution in [0.15, 0.2) is 43.0 Å². The molecule has 4 nitrogen and oxygen atoms in total. The zero-order chi connectivity index (χ0) is 14.9. The molecule has 0 spiro atoms. The number of aryl methyl sites for hydroxylation is 1. The van der Waals surface area contributed by atoms with E-state index in [-0.39, 0.29) is 5.91 Å². The van der Waals surface area contributed by atoms with Gasteiger partial charge in [-0.3, -0.25) is 4.79 Å². The standard InChI is InChI=1S/C15H18ClN3OS/c16-14-5-2-1-4-13(14)10-21-11-15(20)18-6-3-8-19-9-7-17-12-19/h1-2,4-5,7,9,12H,3,6,8,10-11H2,(H,18,20). The Morgan fingerprint density at radius 3 is 3.00 bits per heavy atom. The van der Waals surface area contributed by atoms with Crippen molar-refractivity contribution >= 4 is 29.3 Å². The third-order valence-electron chi connectivity index (χ3n) is 2.92. The van der Waals surface area contributed by atoms with E-state index < -0.39 is 0 Å². The SMILES string of the molecule is O=C(CSCc1ccccc1Cl)NCCCn1ccnc1. The van der Waals surface area contributed by atoms with Crippen LogP contribution in [0.3, 0.4) is 0 Å². The maximum atomic E-state index is 11.7. The normalized spacial score (nSPS) is 10.5. The molecule has 112 valence electrons. The fourth-order valence-electron chi connectivity index (χ4n) is 1.83. The molecule has 2 aromatic rings. The van der Waals surface area contributed by atoms with E-state index in [1.807, 2.05) is 35.0 Å². The lowest BCUT2D eigenvalue weighted by Gasteiger charge is -2.06. The van der Waals surface area contributed by atoms with E-state index in [1.165, 1.54) is 0 Å². The van der Waals surface area contributed by atoms with Gasteiger partial charge in [-0.15, -0.1) is 11.8 Å². The fourth-order valence-corrected chi connectivity index (χ4v) is 2.97. The minimum Gasteiger partial charge on any atom is -0.355 e. The van der Waals surface area contributed by atoms with Crippen LogP contribution in [0.4, 0.5) is 0 Å². The molecule has 1 heterocycles. The third-order valence-corrected chi connectivity index (χ3v) is 4.27. The monoisotopic (exact) mass is 323 g/mol. The van der Waals surface area contributed by atoms with Crippen LogP contribution < -0.4 is 5.32 Å². The van der Waals surface area contributed by atoms with Gasteiger partial charge < -0.3 is 9.88 Å². The zero-order valence-corrected chi connectivity index (χ0v) is 13.2. The molecule has 1 amide bonds. The summed E-state index contributed by atoms with van der Waals surface area (Å²) in [5.41, 5.74) is 1.07. The Bertz CT molecular complexity index is 560.